The molecule has 0 N–H and O–H groups in total. The predicted octanol–water partition coefficient (Wildman–Crippen LogP) is 2.58. The molecule has 4 heteroatoms. The SMILES string of the molecule is C=C(C=O)c1ccco1.O=Cc1ccco1. The molecule has 0 amide bonds. The summed E-state index contributed by atoms with van der Waals surface area (Å²) in [6.07, 6.45) is 4.30. The maximum Gasteiger partial charge on any atom is 0.185 e. The van der Waals surface area contributed by atoms with Gasteiger partial charge in [0.15, 0.2) is 18.3 Å². The molecule has 0 bridgehead atoms. The molecule has 0 aliphatic carbocycles. The Morgan fingerprint density at radius 2 is 1.81 bits per heavy atom. The fourth-order valence-corrected chi connectivity index (χ4v) is 0.878. The largest absolute Gasteiger partial charge is 0.464 e. The third-order valence-corrected chi connectivity index (χ3v) is 1.64. The molecule has 2 rings (SSSR count). The molecule has 0 aromatic carbocycles. The molecule has 0 aliphatic rings. The van der Waals surface area contributed by atoms with Crippen LogP contribution in [0.25, 0.3) is 5.57 Å². The molecule has 0 spiro atoms. The second-order valence-electron chi connectivity index (χ2n) is 2.75. The van der Waals surface area contributed by atoms with Crippen LogP contribution in [0.2, 0.25) is 0 Å². The quantitative estimate of drug-likeness (QED) is 0.586. The Hall–Kier alpha value is -2.36. The van der Waals surface area contributed by atoms with Gasteiger partial charge in [-0.25, -0.2) is 0 Å². The van der Waals surface area contributed by atoms with Crippen LogP contribution in [0.5, 0.6) is 0 Å². The molecule has 0 fully saturated rings. The molecule has 16 heavy (non-hydrogen) atoms. The molecule has 82 valence electrons. The number of carbonyl (C=O) groups is 2. The number of allylic oxidation sites excluding steroid dienone is 1. The molecule has 2 aromatic rings. The summed E-state index contributed by atoms with van der Waals surface area (Å²) >= 11 is 0. The summed E-state index contributed by atoms with van der Waals surface area (Å²) in [4.78, 5) is 19.8. The van der Waals surface area contributed by atoms with Gasteiger partial charge in [0.25, 0.3) is 0 Å². The minimum absolute atomic E-state index is 0.375. The molecule has 2 heterocycles. The van der Waals surface area contributed by atoms with Crippen LogP contribution in [0.3, 0.4) is 0 Å². The number of furan rings is 2. The van der Waals surface area contributed by atoms with Crippen molar-refractivity contribution in [3.05, 3.63) is 54.9 Å². The third-order valence-electron chi connectivity index (χ3n) is 1.64. The zero-order valence-corrected chi connectivity index (χ0v) is 8.46. The number of hydrogen-bond donors (Lipinski definition) is 0. The van der Waals surface area contributed by atoms with Crippen molar-refractivity contribution in [2.75, 3.05) is 0 Å². The second kappa shape index (κ2) is 6.19. The minimum atomic E-state index is 0.375. The van der Waals surface area contributed by atoms with Crippen LogP contribution in [0.4, 0.5) is 0 Å². The van der Waals surface area contributed by atoms with Gasteiger partial charge in [-0.2, -0.15) is 0 Å². The van der Waals surface area contributed by atoms with Crippen LogP contribution in [0.1, 0.15) is 16.3 Å². The maximum atomic E-state index is 10.0. The Morgan fingerprint density at radius 1 is 1.12 bits per heavy atom. The highest BCUT2D eigenvalue weighted by Gasteiger charge is 1.96. The molecule has 2 aromatic heterocycles. The van der Waals surface area contributed by atoms with E-state index in [0.29, 0.717) is 29.7 Å². The van der Waals surface area contributed by atoms with E-state index in [1.807, 2.05) is 0 Å². The fraction of sp³-hybridized carbons (Fsp3) is 0. The lowest BCUT2D eigenvalue weighted by Gasteiger charge is -1.85. The number of rotatable bonds is 3. The monoisotopic (exact) mass is 218 g/mol. The number of hydrogen-bond acceptors (Lipinski definition) is 4. The first kappa shape index (κ1) is 11.7. The lowest BCUT2D eigenvalue weighted by molar-refractivity contribution is -0.103. The summed E-state index contributed by atoms with van der Waals surface area (Å²) in [6.45, 7) is 3.45. The van der Waals surface area contributed by atoms with Crippen LogP contribution < -0.4 is 0 Å². The van der Waals surface area contributed by atoms with Crippen molar-refractivity contribution in [2.45, 2.75) is 0 Å². The normalized spacial score (nSPS) is 8.75. The lowest BCUT2D eigenvalue weighted by atomic mass is 10.3. The van der Waals surface area contributed by atoms with Gasteiger partial charge in [0.1, 0.15) is 5.76 Å². The van der Waals surface area contributed by atoms with E-state index in [1.165, 1.54) is 12.5 Å². The Morgan fingerprint density at radius 3 is 2.19 bits per heavy atom. The minimum Gasteiger partial charge on any atom is -0.464 e. The predicted molar refractivity (Wildman–Crippen MR) is 57.9 cm³/mol. The van der Waals surface area contributed by atoms with Gasteiger partial charge in [-0.3, -0.25) is 9.59 Å². The van der Waals surface area contributed by atoms with Gasteiger partial charge in [-0.05, 0) is 24.3 Å². The number of aldehydes is 2. The molecule has 4 nitrogen and oxygen atoms in total. The van der Waals surface area contributed by atoms with Crippen molar-refractivity contribution in [1.29, 1.82) is 0 Å². The van der Waals surface area contributed by atoms with Crippen LogP contribution in [-0.4, -0.2) is 12.6 Å². The Labute approximate surface area is 92.2 Å². The molecule has 0 saturated heterocycles. The van der Waals surface area contributed by atoms with Crippen molar-refractivity contribution in [3.63, 3.8) is 0 Å². The Kier molecular flexibility index (Phi) is 4.53. The third kappa shape index (κ3) is 3.42. The van der Waals surface area contributed by atoms with Crippen LogP contribution >= 0.6 is 0 Å². The highest BCUT2D eigenvalue weighted by molar-refractivity contribution is 6.04. The first-order chi connectivity index (χ1) is 7.77. The van der Waals surface area contributed by atoms with E-state index in [1.54, 1.807) is 24.3 Å². The number of carbonyl (C=O) groups excluding carboxylic acids is 2. The summed E-state index contributed by atoms with van der Waals surface area (Å²) in [6, 6.07) is 6.68. The molecular formula is C12H10O4. The van der Waals surface area contributed by atoms with E-state index in [9.17, 15) is 9.59 Å². The highest BCUT2D eigenvalue weighted by atomic mass is 16.3. The summed E-state index contributed by atoms with van der Waals surface area (Å²) < 4.78 is 9.47. The molecule has 0 saturated carbocycles. The maximum absolute atomic E-state index is 10.0. The second-order valence-corrected chi connectivity index (χ2v) is 2.75. The molecule has 0 unspecified atom stereocenters. The standard InChI is InChI=1S/C7H6O2.C5H4O2/c1-6(5-8)7-3-2-4-9-7;6-4-5-2-1-3-7-5/h2-5H,1H2;1-4H. The van der Waals surface area contributed by atoms with E-state index in [0.717, 1.165) is 0 Å². The molecule has 0 radical (unpaired) electrons. The van der Waals surface area contributed by atoms with E-state index in [-0.39, 0.29) is 0 Å². The van der Waals surface area contributed by atoms with Crippen molar-refractivity contribution in [1.82, 2.24) is 0 Å². The van der Waals surface area contributed by atoms with Gasteiger partial charge >= 0.3 is 0 Å². The zero-order chi connectivity index (χ0) is 11.8. The lowest BCUT2D eigenvalue weighted by Crippen LogP contribution is -1.76. The van der Waals surface area contributed by atoms with Crippen molar-refractivity contribution >= 4 is 18.1 Å². The van der Waals surface area contributed by atoms with Gasteiger partial charge in [0.2, 0.25) is 0 Å². The molecule has 0 atom stereocenters. The summed E-state index contributed by atoms with van der Waals surface area (Å²) in [5.41, 5.74) is 0.375. The van der Waals surface area contributed by atoms with Gasteiger partial charge in [-0.1, -0.05) is 6.58 Å². The first-order valence-electron chi connectivity index (χ1n) is 4.44. The van der Waals surface area contributed by atoms with Crippen molar-refractivity contribution < 1.29 is 18.4 Å². The Bertz CT molecular complexity index is 437. The zero-order valence-electron chi connectivity index (χ0n) is 8.46. The van der Waals surface area contributed by atoms with Gasteiger partial charge < -0.3 is 8.83 Å². The van der Waals surface area contributed by atoms with E-state index in [2.05, 4.69) is 11.0 Å². The Balaban J connectivity index is 0.000000165. The topological polar surface area (TPSA) is 60.4 Å². The van der Waals surface area contributed by atoms with Gasteiger partial charge in [-0.15, -0.1) is 0 Å². The van der Waals surface area contributed by atoms with Crippen molar-refractivity contribution in [2.24, 2.45) is 0 Å². The van der Waals surface area contributed by atoms with Crippen LogP contribution in [0.15, 0.2) is 52.2 Å². The van der Waals surface area contributed by atoms with E-state index < -0.39 is 0 Å². The van der Waals surface area contributed by atoms with Crippen molar-refractivity contribution in [3.8, 4) is 0 Å². The first-order valence-corrected chi connectivity index (χ1v) is 4.44. The summed E-state index contributed by atoms with van der Waals surface area (Å²) in [7, 11) is 0. The van der Waals surface area contributed by atoms with Crippen LogP contribution in [0, 0.1) is 0 Å². The summed E-state index contributed by atoms with van der Waals surface area (Å²) in [5.74, 6) is 0.907. The van der Waals surface area contributed by atoms with Gasteiger partial charge in [0, 0.05) is 5.57 Å². The van der Waals surface area contributed by atoms with Crippen LogP contribution in [-0.2, 0) is 4.79 Å². The average Bonchev–Trinajstić information content (AvgIpc) is 3.01. The smallest absolute Gasteiger partial charge is 0.185 e. The van der Waals surface area contributed by atoms with E-state index in [4.69, 9.17) is 4.42 Å². The van der Waals surface area contributed by atoms with Gasteiger partial charge in [0.05, 0.1) is 12.5 Å². The fourth-order valence-electron chi connectivity index (χ4n) is 0.878. The highest BCUT2D eigenvalue weighted by Crippen LogP contribution is 2.08. The average molecular weight is 218 g/mol. The molecule has 0 aliphatic heterocycles. The van der Waals surface area contributed by atoms with E-state index >= 15 is 0 Å². The summed E-state index contributed by atoms with van der Waals surface area (Å²) in [5, 5.41) is 0. The molecular weight excluding hydrogens is 208 g/mol.